The van der Waals surface area contributed by atoms with Gasteiger partial charge in [-0.25, -0.2) is 0 Å². The molecule has 0 aliphatic carbocycles. The second-order valence-electron chi connectivity index (χ2n) is 12.3. The second-order valence-corrected chi connectivity index (χ2v) is 13.7. The van der Waals surface area contributed by atoms with Crippen LogP contribution in [0.4, 0.5) is 0 Å². The van der Waals surface area contributed by atoms with Gasteiger partial charge < -0.3 is 9.84 Å². The van der Waals surface area contributed by atoms with Crippen LogP contribution >= 0.6 is 0 Å². The Balaban J connectivity index is 4.25. The maximum atomic E-state index is 12.4. The van der Waals surface area contributed by atoms with Gasteiger partial charge in [0, 0.05) is 11.1 Å². The lowest BCUT2D eigenvalue weighted by Crippen LogP contribution is -2.39. The zero-order valence-electron chi connectivity index (χ0n) is 22.3. The van der Waals surface area contributed by atoms with Crippen LogP contribution in [0, 0.1) is 29.1 Å². The molecule has 0 fully saturated rings. The van der Waals surface area contributed by atoms with E-state index in [0.717, 1.165) is 18.4 Å². The van der Waals surface area contributed by atoms with Crippen molar-refractivity contribution >= 4 is 10.1 Å². The Morgan fingerprint density at radius 2 is 1.50 bits per heavy atom. The summed E-state index contributed by atoms with van der Waals surface area (Å²) in [7, 11) is -3.08. The third-order valence-corrected chi connectivity index (χ3v) is 7.30. The predicted octanol–water partition coefficient (Wildman–Crippen LogP) is 7.14. The van der Waals surface area contributed by atoms with Gasteiger partial charge in [-0.1, -0.05) is 69.2 Å². The van der Waals surface area contributed by atoms with Crippen molar-refractivity contribution in [3.8, 4) is 11.5 Å². The number of benzene rings is 1. The standard InChI is InChI=1S/C26H46O5S/c1-13-18-19(21(31-12)17(4)20(27)22(18)32(28,29)30)23(25(8,9)14-16(2)3)26(10,11)15-24(5,6)7/h16,23,27H,13-15H2,1-12H3,(H,28,29,30). The molecule has 0 spiro atoms. The summed E-state index contributed by atoms with van der Waals surface area (Å²) in [6, 6.07) is 0. The third-order valence-electron chi connectivity index (χ3n) is 6.34. The summed E-state index contributed by atoms with van der Waals surface area (Å²) >= 11 is 0. The van der Waals surface area contributed by atoms with E-state index in [1.165, 1.54) is 0 Å². The van der Waals surface area contributed by atoms with Gasteiger partial charge in [-0.3, -0.25) is 4.55 Å². The molecule has 6 heteroatoms. The molecule has 1 atom stereocenters. The monoisotopic (exact) mass is 470 g/mol. The zero-order valence-corrected chi connectivity index (χ0v) is 23.1. The van der Waals surface area contributed by atoms with Crippen LogP contribution in [-0.4, -0.2) is 25.2 Å². The molecule has 0 saturated heterocycles. The van der Waals surface area contributed by atoms with E-state index in [9.17, 15) is 18.1 Å². The Kier molecular flexibility index (Phi) is 8.57. The van der Waals surface area contributed by atoms with Crippen LogP contribution in [0.3, 0.4) is 0 Å². The molecule has 186 valence electrons. The zero-order chi connectivity index (χ0) is 25.4. The van der Waals surface area contributed by atoms with Gasteiger partial charge in [0.1, 0.15) is 16.4 Å². The van der Waals surface area contributed by atoms with Crippen molar-refractivity contribution in [3.63, 3.8) is 0 Å². The van der Waals surface area contributed by atoms with Gasteiger partial charge in [-0.15, -0.1) is 0 Å². The summed E-state index contributed by atoms with van der Waals surface area (Å²) in [5.41, 5.74) is 1.18. The Hall–Kier alpha value is -1.27. The number of phenolic OH excluding ortho intramolecular Hbond substituents is 1. The lowest BCUT2D eigenvalue weighted by atomic mass is 9.55. The van der Waals surface area contributed by atoms with E-state index in [4.69, 9.17) is 4.74 Å². The van der Waals surface area contributed by atoms with Crippen LogP contribution in [-0.2, 0) is 16.5 Å². The van der Waals surface area contributed by atoms with Crippen LogP contribution in [0.5, 0.6) is 11.5 Å². The molecule has 0 amide bonds. The fraction of sp³-hybridized carbons (Fsp3) is 0.769. The summed E-state index contributed by atoms with van der Waals surface area (Å²) in [6.07, 6.45) is 2.17. The molecule has 1 rings (SSSR count). The van der Waals surface area contributed by atoms with Gasteiger partial charge >= 0.3 is 0 Å². The largest absolute Gasteiger partial charge is 0.506 e. The van der Waals surface area contributed by atoms with Crippen LogP contribution in [0.25, 0.3) is 0 Å². The first kappa shape index (κ1) is 28.8. The molecule has 0 saturated carbocycles. The Bertz CT molecular complexity index is 919. The van der Waals surface area contributed by atoms with Crippen molar-refractivity contribution in [2.45, 2.75) is 106 Å². The highest BCUT2D eigenvalue weighted by Crippen LogP contribution is 2.59. The first-order chi connectivity index (χ1) is 14.2. The number of ether oxygens (including phenoxy) is 1. The van der Waals surface area contributed by atoms with Gasteiger partial charge in [0.15, 0.2) is 0 Å². The number of rotatable bonds is 9. The van der Waals surface area contributed by atoms with Crippen molar-refractivity contribution in [1.82, 2.24) is 0 Å². The number of phenols is 1. The van der Waals surface area contributed by atoms with E-state index >= 15 is 0 Å². The van der Waals surface area contributed by atoms with Gasteiger partial charge in [-0.2, -0.15) is 8.42 Å². The molecule has 0 bridgehead atoms. The molecule has 1 unspecified atom stereocenters. The second kappa shape index (κ2) is 9.54. The van der Waals surface area contributed by atoms with Crippen molar-refractivity contribution in [2.24, 2.45) is 22.2 Å². The van der Waals surface area contributed by atoms with Gasteiger partial charge in [0.25, 0.3) is 10.1 Å². The lowest BCUT2D eigenvalue weighted by Gasteiger charge is -2.49. The fourth-order valence-corrected chi connectivity index (χ4v) is 7.52. The maximum Gasteiger partial charge on any atom is 0.298 e. The van der Waals surface area contributed by atoms with Crippen molar-refractivity contribution < 1.29 is 22.8 Å². The summed E-state index contributed by atoms with van der Waals surface area (Å²) in [5, 5.41) is 10.8. The molecule has 1 aromatic carbocycles. The highest BCUT2D eigenvalue weighted by atomic mass is 32.2. The number of aromatic hydroxyl groups is 1. The van der Waals surface area contributed by atoms with Crippen LogP contribution < -0.4 is 4.74 Å². The van der Waals surface area contributed by atoms with Crippen molar-refractivity contribution in [2.75, 3.05) is 7.11 Å². The molecule has 0 heterocycles. The molecule has 0 aliphatic heterocycles. The van der Waals surface area contributed by atoms with Crippen molar-refractivity contribution in [1.29, 1.82) is 0 Å². The number of hydrogen-bond acceptors (Lipinski definition) is 4. The number of methoxy groups -OCH3 is 1. The minimum absolute atomic E-state index is 0.0487. The topological polar surface area (TPSA) is 83.8 Å². The van der Waals surface area contributed by atoms with E-state index in [0.29, 0.717) is 29.2 Å². The Morgan fingerprint density at radius 3 is 1.84 bits per heavy atom. The minimum Gasteiger partial charge on any atom is -0.506 e. The molecule has 2 N–H and O–H groups in total. The van der Waals surface area contributed by atoms with Crippen molar-refractivity contribution in [3.05, 3.63) is 16.7 Å². The average molecular weight is 471 g/mol. The SMILES string of the molecule is CCc1c(C(C(C)(C)CC(C)C)C(C)(C)CC(C)(C)C)c(OC)c(C)c(O)c1S(=O)(=O)O. The van der Waals surface area contributed by atoms with Crippen LogP contribution in [0.15, 0.2) is 4.90 Å². The van der Waals surface area contributed by atoms with Gasteiger partial charge in [-0.05, 0) is 59.8 Å². The molecule has 32 heavy (non-hydrogen) atoms. The smallest absolute Gasteiger partial charge is 0.298 e. The van der Waals surface area contributed by atoms with Crippen LogP contribution in [0.2, 0.25) is 0 Å². The molecule has 0 radical (unpaired) electrons. The van der Waals surface area contributed by atoms with E-state index in [-0.39, 0.29) is 27.1 Å². The summed E-state index contributed by atoms with van der Waals surface area (Å²) in [6.45, 7) is 23.5. The quantitative estimate of drug-likeness (QED) is 0.375. The Morgan fingerprint density at radius 1 is 1.00 bits per heavy atom. The molecule has 0 aromatic heterocycles. The van der Waals surface area contributed by atoms with Crippen LogP contribution in [0.1, 0.15) is 105 Å². The van der Waals surface area contributed by atoms with E-state index in [2.05, 4.69) is 62.3 Å². The minimum atomic E-state index is -4.63. The highest BCUT2D eigenvalue weighted by molar-refractivity contribution is 7.86. The van der Waals surface area contributed by atoms with E-state index < -0.39 is 15.9 Å². The lowest BCUT2D eigenvalue weighted by molar-refractivity contribution is 0.0763. The fourth-order valence-electron chi connectivity index (χ4n) is 6.56. The molecule has 5 nitrogen and oxygen atoms in total. The summed E-state index contributed by atoms with van der Waals surface area (Å²) < 4.78 is 40.8. The molecule has 0 aliphatic rings. The molecule has 1 aromatic rings. The third kappa shape index (κ3) is 6.19. The molecular formula is C26H46O5S. The summed E-state index contributed by atoms with van der Waals surface area (Å²) in [4.78, 5) is -0.384. The predicted molar refractivity (Wildman–Crippen MR) is 132 cm³/mol. The summed E-state index contributed by atoms with van der Waals surface area (Å²) in [5.74, 6) is 0.434. The normalized spacial score (nSPS) is 14.7. The average Bonchev–Trinajstić information content (AvgIpc) is 2.52. The maximum absolute atomic E-state index is 12.4. The van der Waals surface area contributed by atoms with Gasteiger partial charge in [0.05, 0.1) is 7.11 Å². The Labute approximate surface area is 196 Å². The molecular weight excluding hydrogens is 424 g/mol. The number of hydrogen-bond donors (Lipinski definition) is 2. The first-order valence-electron chi connectivity index (χ1n) is 11.6. The van der Waals surface area contributed by atoms with E-state index in [1.807, 2.05) is 6.92 Å². The highest BCUT2D eigenvalue weighted by Gasteiger charge is 2.47. The first-order valence-corrected chi connectivity index (χ1v) is 13.0. The van der Waals surface area contributed by atoms with E-state index in [1.54, 1.807) is 14.0 Å². The van der Waals surface area contributed by atoms with Gasteiger partial charge in [0.2, 0.25) is 0 Å².